The highest BCUT2D eigenvalue weighted by molar-refractivity contribution is 5.89. The fraction of sp³-hybridized carbons (Fsp3) is 0.200. The quantitative estimate of drug-likeness (QED) is 0.444. The zero-order valence-electron chi connectivity index (χ0n) is 9.24. The van der Waals surface area contributed by atoms with Gasteiger partial charge in [-0.1, -0.05) is 6.58 Å². The monoisotopic (exact) mass is 260 g/mol. The van der Waals surface area contributed by atoms with Crippen LogP contribution in [0.5, 0.6) is 0 Å². The zero-order chi connectivity index (χ0) is 14.6. The van der Waals surface area contributed by atoms with Crippen LogP contribution in [-0.2, 0) is 23.9 Å². The molecule has 3 N–H and O–H groups in total. The molecule has 0 aliphatic heterocycles. The fourth-order valence-electron chi connectivity index (χ4n) is 0.440. The fourth-order valence-corrected chi connectivity index (χ4v) is 0.440. The van der Waals surface area contributed by atoms with E-state index in [9.17, 15) is 19.2 Å². The highest BCUT2D eigenvalue weighted by Gasteiger charge is 1.98. The Morgan fingerprint density at radius 3 is 1.72 bits per heavy atom. The Bertz CT molecular complexity index is 339. The van der Waals surface area contributed by atoms with Crippen LogP contribution in [0.25, 0.3) is 0 Å². The summed E-state index contributed by atoms with van der Waals surface area (Å²) in [5.74, 6) is -4.10. The van der Waals surface area contributed by atoms with Crippen molar-refractivity contribution in [1.82, 2.24) is 0 Å². The lowest BCUT2D eigenvalue weighted by Crippen LogP contribution is -2.06. The lowest BCUT2D eigenvalue weighted by molar-refractivity contribution is -0.142. The molecule has 0 saturated heterocycles. The van der Waals surface area contributed by atoms with E-state index in [-0.39, 0.29) is 13.0 Å². The van der Waals surface area contributed by atoms with Gasteiger partial charge in [0.25, 0.3) is 0 Å². The molecule has 8 heteroatoms. The maximum atomic E-state index is 10.3. The Hall–Kier alpha value is -2.64. The third-order valence-corrected chi connectivity index (χ3v) is 1.10. The summed E-state index contributed by atoms with van der Waals surface area (Å²) in [5, 5.41) is 23.7. The average molecular weight is 260 g/mol. The van der Waals surface area contributed by atoms with Gasteiger partial charge in [-0.2, -0.15) is 0 Å². The van der Waals surface area contributed by atoms with Gasteiger partial charge in [-0.05, 0) is 0 Å². The normalized spacial score (nSPS) is 8.89. The first-order valence-corrected chi connectivity index (χ1v) is 4.44. The van der Waals surface area contributed by atoms with Crippen molar-refractivity contribution in [2.45, 2.75) is 6.42 Å². The molecular weight excluding hydrogens is 248 g/mol. The second-order valence-electron chi connectivity index (χ2n) is 2.53. The number of carboxylic acid groups (broad SMARTS) is 3. The maximum Gasteiger partial charge on any atom is 0.330 e. The third-order valence-electron chi connectivity index (χ3n) is 1.10. The minimum atomic E-state index is -1.26. The maximum absolute atomic E-state index is 10.3. The molecule has 0 fully saturated rings. The molecule has 8 nitrogen and oxygen atoms in total. The van der Waals surface area contributed by atoms with Crippen LogP contribution in [0.1, 0.15) is 6.42 Å². The first-order valence-electron chi connectivity index (χ1n) is 4.44. The van der Waals surface area contributed by atoms with Crippen molar-refractivity contribution in [3.8, 4) is 0 Å². The van der Waals surface area contributed by atoms with Crippen LogP contribution < -0.4 is 0 Å². The highest BCUT2D eigenvalue weighted by atomic mass is 16.5. The molecular formula is C10H12O8. The number of ether oxygens (including phenoxy) is 1. The molecule has 0 aromatic carbocycles. The van der Waals surface area contributed by atoms with Gasteiger partial charge >= 0.3 is 23.9 Å². The molecule has 0 rings (SSSR count). The molecule has 0 aromatic heterocycles. The van der Waals surface area contributed by atoms with Gasteiger partial charge in [0.1, 0.15) is 6.61 Å². The van der Waals surface area contributed by atoms with Gasteiger partial charge in [-0.15, -0.1) is 0 Å². The Morgan fingerprint density at radius 1 is 1.00 bits per heavy atom. The van der Waals surface area contributed by atoms with E-state index < -0.39 is 23.9 Å². The van der Waals surface area contributed by atoms with Crippen LogP contribution in [0.3, 0.4) is 0 Å². The summed E-state index contributed by atoms with van der Waals surface area (Å²) in [7, 11) is 0. The van der Waals surface area contributed by atoms with E-state index in [0.29, 0.717) is 12.2 Å². The molecule has 0 unspecified atom stereocenters. The molecule has 100 valence electrons. The average Bonchev–Trinajstić information content (AvgIpc) is 2.26. The van der Waals surface area contributed by atoms with Gasteiger partial charge in [-0.25, -0.2) is 14.4 Å². The van der Waals surface area contributed by atoms with Crippen LogP contribution in [0.2, 0.25) is 0 Å². The molecule has 0 heterocycles. The van der Waals surface area contributed by atoms with E-state index in [0.717, 1.165) is 6.08 Å². The summed E-state index contributed by atoms with van der Waals surface area (Å²) < 4.78 is 4.36. The minimum absolute atomic E-state index is 0.0970. The molecule has 0 bridgehead atoms. The molecule has 0 spiro atoms. The van der Waals surface area contributed by atoms with E-state index in [1.807, 2.05) is 0 Å². The zero-order valence-corrected chi connectivity index (χ0v) is 9.24. The first kappa shape index (κ1) is 17.7. The number of rotatable bonds is 6. The SMILES string of the molecule is C=CC(=O)OCCC(=O)O.O=C(O)/C=C\C(=O)O. The predicted octanol–water partition coefficient (Wildman–Crippen LogP) is -0.0979. The minimum Gasteiger partial charge on any atom is -0.481 e. The van der Waals surface area contributed by atoms with Gasteiger partial charge in [-0.3, -0.25) is 4.79 Å². The number of aliphatic carboxylic acids is 3. The molecule has 0 aliphatic rings. The van der Waals surface area contributed by atoms with Crippen molar-refractivity contribution in [3.05, 3.63) is 24.8 Å². The van der Waals surface area contributed by atoms with Crippen LogP contribution >= 0.6 is 0 Å². The molecule has 0 aliphatic carbocycles. The molecule has 0 saturated carbocycles. The number of hydrogen-bond donors (Lipinski definition) is 3. The number of carboxylic acids is 3. The summed E-state index contributed by atoms with van der Waals surface area (Å²) in [6, 6.07) is 0. The van der Waals surface area contributed by atoms with E-state index in [4.69, 9.17) is 15.3 Å². The second kappa shape index (κ2) is 10.9. The van der Waals surface area contributed by atoms with E-state index in [2.05, 4.69) is 11.3 Å². The lowest BCUT2D eigenvalue weighted by atomic mass is 10.5. The molecule has 0 amide bonds. The van der Waals surface area contributed by atoms with Crippen molar-refractivity contribution in [2.75, 3.05) is 6.61 Å². The Labute approximate surface area is 102 Å². The topological polar surface area (TPSA) is 138 Å². The smallest absolute Gasteiger partial charge is 0.330 e. The molecule has 0 aromatic rings. The summed E-state index contributed by atoms with van der Waals surface area (Å²) in [5.41, 5.74) is 0. The van der Waals surface area contributed by atoms with Crippen LogP contribution in [0.4, 0.5) is 0 Å². The van der Waals surface area contributed by atoms with Gasteiger partial charge in [0.2, 0.25) is 0 Å². The van der Waals surface area contributed by atoms with Gasteiger partial charge in [0, 0.05) is 18.2 Å². The van der Waals surface area contributed by atoms with Crippen molar-refractivity contribution < 1.29 is 39.2 Å². The molecule has 0 radical (unpaired) electrons. The van der Waals surface area contributed by atoms with Crippen LogP contribution in [0.15, 0.2) is 24.8 Å². The highest BCUT2D eigenvalue weighted by Crippen LogP contribution is 1.83. The first-order chi connectivity index (χ1) is 8.29. The molecule has 18 heavy (non-hydrogen) atoms. The Balaban J connectivity index is 0. The van der Waals surface area contributed by atoms with Crippen molar-refractivity contribution >= 4 is 23.9 Å². The summed E-state index contributed by atoms with van der Waals surface area (Å²) in [6.45, 7) is 3.04. The Morgan fingerprint density at radius 2 is 1.44 bits per heavy atom. The van der Waals surface area contributed by atoms with E-state index in [1.54, 1.807) is 0 Å². The van der Waals surface area contributed by atoms with E-state index >= 15 is 0 Å². The summed E-state index contributed by atoms with van der Waals surface area (Å²) in [6.07, 6.45) is 1.94. The van der Waals surface area contributed by atoms with Gasteiger partial charge < -0.3 is 20.1 Å². The standard InChI is InChI=1S/C6H8O4.C4H4O4/c1-2-6(9)10-4-3-5(7)8;5-3(6)1-2-4(7)8/h2H,1,3-4H2,(H,7,8);1-2H,(H,5,6)(H,7,8)/b;2-1-. The van der Waals surface area contributed by atoms with Gasteiger partial charge in [0.05, 0.1) is 6.42 Å². The number of carbonyl (C=O) groups excluding carboxylic acids is 1. The second-order valence-corrected chi connectivity index (χ2v) is 2.53. The van der Waals surface area contributed by atoms with Crippen LogP contribution in [-0.4, -0.2) is 45.8 Å². The van der Waals surface area contributed by atoms with Crippen molar-refractivity contribution in [3.63, 3.8) is 0 Å². The lowest BCUT2D eigenvalue weighted by Gasteiger charge is -1.96. The molecule has 0 atom stereocenters. The number of carbonyl (C=O) groups is 4. The van der Waals surface area contributed by atoms with Gasteiger partial charge in [0.15, 0.2) is 0 Å². The number of hydrogen-bond acceptors (Lipinski definition) is 5. The van der Waals surface area contributed by atoms with Crippen LogP contribution in [0, 0.1) is 0 Å². The largest absolute Gasteiger partial charge is 0.481 e. The van der Waals surface area contributed by atoms with Crippen molar-refractivity contribution in [2.24, 2.45) is 0 Å². The third kappa shape index (κ3) is 19.0. The van der Waals surface area contributed by atoms with E-state index in [1.165, 1.54) is 0 Å². The Kier molecular flexibility index (Phi) is 10.7. The summed E-state index contributed by atoms with van der Waals surface area (Å²) >= 11 is 0. The van der Waals surface area contributed by atoms with Crippen molar-refractivity contribution in [1.29, 1.82) is 0 Å². The summed E-state index contributed by atoms with van der Waals surface area (Å²) in [4.78, 5) is 39.2. The predicted molar refractivity (Wildman–Crippen MR) is 57.8 cm³/mol. The number of esters is 1.